The van der Waals surface area contributed by atoms with E-state index in [9.17, 15) is 0 Å². The van der Waals surface area contributed by atoms with Crippen molar-refractivity contribution in [2.45, 2.75) is 20.4 Å². The van der Waals surface area contributed by atoms with Gasteiger partial charge in [-0.25, -0.2) is 0 Å². The number of pyridine rings is 1. The summed E-state index contributed by atoms with van der Waals surface area (Å²) >= 11 is 0. The molecule has 0 amide bonds. The van der Waals surface area contributed by atoms with E-state index < -0.39 is 0 Å². The standard InChI is InChI=1S/C15H19N3/c1-3-18(14-6-4-12(2)5-7-14)15-8-9-17-11-13(15)10-16/h4-9,11H,3,10,16H2,1-2H3. The molecular formula is C15H19N3. The number of nitrogens with two attached hydrogens (primary N) is 1. The van der Waals surface area contributed by atoms with Gasteiger partial charge in [0.2, 0.25) is 0 Å². The number of hydrogen-bond acceptors (Lipinski definition) is 3. The summed E-state index contributed by atoms with van der Waals surface area (Å²) in [5.41, 5.74) is 10.4. The Hall–Kier alpha value is -1.87. The summed E-state index contributed by atoms with van der Waals surface area (Å²) < 4.78 is 0. The lowest BCUT2D eigenvalue weighted by atomic mass is 10.1. The van der Waals surface area contributed by atoms with Crippen molar-refractivity contribution in [1.29, 1.82) is 0 Å². The van der Waals surface area contributed by atoms with E-state index in [1.807, 2.05) is 18.5 Å². The number of hydrogen-bond donors (Lipinski definition) is 1. The molecule has 3 heteroatoms. The predicted molar refractivity (Wildman–Crippen MR) is 76.0 cm³/mol. The Kier molecular flexibility index (Phi) is 3.95. The van der Waals surface area contributed by atoms with Crippen LogP contribution >= 0.6 is 0 Å². The second-order valence-electron chi connectivity index (χ2n) is 4.29. The van der Waals surface area contributed by atoms with Crippen LogP contribution in [0.1, 0.15) is 18.1 Å². The monoisotopic (exact) mass is 241 g/mol. The molecule has 0 spiro atoms. The fourth-order valence-electron chi connectivity index (χ4n) is 2.06. The number of anilines is 2. The second-order valence-corrected chi connectivity index (χ2v) is 4.29. The van der Waals surface area contributed by atoms with Gasteiger partial charge < -0.3 is 10.6 Å². The van der Waals surface area contributed by atoms with Gasteiger partial charge in [0.05, 0.1) is 0 Å². The first-order valence-electron chi connectivity index (χ1n) is 6.23. The van der Waals surface area contributed by atoms with Crippen molar-refractivity contribution in [3.05, 3.63) is 53.9 Å². The molecule has 0 atom stereocenters. The quantitative estimate of drug-likeness (QED) is 0.894. The van der Waals surface area contributed by atoms with E-state index >= 15 is 0 Å². The van der Waals surface area contributed by atoms with E-state index in [0.29, 0.717) is 6.54 Å². The molecule has 3 nitrogen and oxygen atoms in total. The number of benzene rings is 1. The average Bonchev–Trinajstić information content (AvgIpc) is 2.42. The van der Waals surface area contributed by atoms with Crippen molar-refractivity contribution >= 4 is 11.4 Å². The highest BCUT2D eigenvalue weighted by Crippen LogP contribution is 2.27. The molecule has 1 aromatic heterocycles. The highest BCUT2D eigenvalue weighted by molar-refractivity contribution is 5.66. The third kappa shape index (κ3) is 2.51. The maximum atomic E-state index is 5.78. The summed E-state index contributed by atoms with van der Waals surface area (Å²) in [5.74, 6) is 0. The SMILES string of the molecule is CCN(c1ccc(C)cc1)c1ccncc1CN. The van der Waals surface area contributed by atoms with Gasteiger partial charge in [-0.3, -0.25) is 4.98 Å². The minimum Gasteiger partial charge on any atom is -0.341 e. The van der Waals surface area contributed by atoms with Crippen LogP contribution in [0.4, 0.5) is 11.4 Å². The fraction of sp³-hybridized carbons (Fsp3) is 0.267. The minimum absolute atomic E-state index is 0.505. The fourth-order valence-corrected chi connectivity index (χ4v) is 2.06. The van der Waals surface area contributed by atoms with Crippen LogP contribution < -0.4 is 10.6 Å². The lowest BCUT2D eigenvalue weighted by Gasteiger charge is -2.25. The molecule has 0 fully saturated rings. The topological polar surface area (TPSA) is 42.2 Å². The van der Waals surface area contributed by atoms with Crippen molar-refractivity contribution in [2.75, 3.05) is 11.4 Å². The van der Waals surface area contributed by atoms with E-state index in [1.54, 1.807) is 0 Å². The predicted octanol–water partition coefficient (Wildman–Crippen LogP) is 3.01. The molecular weight excluding hydrogens is 222 g/mol. The highest BCUT2D eigenvalue weighted by Gasteiger charge is 2.10. The minimum atomic E-state index is 0.505. The molecule has 1 aromatic carbocycles. The molecule has 1 heterocycles. The Labute approximate surface area is 108 Å². The van der Waals surface area contributed by atoms with Gasteiger partial charge in [-0.05, 0) is 32.0 Å². The molecule has 2 N–H and O–H groups in total. The molecule has 2 aromatic rings. The van der Waals surface area contributed by atoms with Crippen molar-refractivity contribution in [3.8, 4) is 0 Å². The molecule has 18 heavy (non-hydrogen) atoms. The Morgan fingerprint density at radius 1 is 1.17 bits per heavy atom. The Bertz CT molecular complexity index is 505. The maximum Gasteiger partial charge on any atom is 0.0487 e. The van der Waals surface area contributed by atoms with Crippen molar-refractivity contribution in [2.24, 2.45) is 5.73 Å². The summed E-state index contributed by atoms with van der Waals surface area (Å²) in [6.45, 7) is 5.64. The van der Waals surface area contributed by atoms with Gasteiger partial charge in [0.25, 0.3) is 0 Å². The molecule has 94 valence electrons. The van der Waals surface area contributed by atoms with Crippen molar-refractivity contribution in [1.82, 2.24) is 4.98 Å². The van der Waals surface area contributed by atoms with E-state index in [2.05, 4.69) is 48.0 Å². The van der Waals surface area contributed by atoms with Crippen molar-refractivity contribution in [3.63, 3.8) is 0 Å². The molecule has 0 saturated heterocycles. The summed E-state index contributed by atoms with van der Waals surface area (Å²) in [6, 6.07) is 10.5. The number of nitrogens with zero attached hydrogens (tertiary/aromatic N) is 2. The molecule has 0 aliphatic rings. The highest BCUT2D eigenvalue weighted by atomic mass is 15.1. The average molecular weight is 241 g/mol. The molecule has 0 bridgehead atoms. The molecule has 0 radical (unpaired) electrons. The first kappa shape index (κ1) is 12.6. The normalized spacial score (nSPS) is 10.4. The van der Waals surface area contributed by atoms with Crippen LogP contribution in [0.2, 0.25) is 0 Å². The Morgan fingerprint density at radius 2 is 1.89 bits per heavy atom. The second kappa shape index (κ2) is 5.65. The van der Waals surface area contributed by atoms with E-state index in [4.69, 9.17) is 5.73 Å². The Balaban J connectivity index is 2.41. The third-order valence-electron chi connectivity index (χ3n) is 3.05. The van der Waals surface area contributed by atoms with E-state index in [1.165, 1.54) is 11.3 Å². The molecule has 0 aliphatic carbocycles. The van der Waals surface area contributed by atoms with E-state index in [-0.39, 0.29) is 0 Å². The smallest absolute Gasteiger partial charge is 0.0487 e. The first-order valence-corrected chi connectivity index (χ1v) is 6.23. The van der Waals surface area contributed by atoms with Crippen LogP contribution in [0.15, 0.2) is 42.7 Å². The lowest BCUT2D eigenvalue weighted by Crippen LogP contribution is -2.18. The number of aromatic nitrogens is 1. The zero-order valence-corrected chi connectivity index (χ0v) is 10.9. The summed E-state index contributed by atoms with van der Waals surface area (Å²) in [4.78, 5) is 6.39. The summed E-state index contributed by atoms with van der Waals surface area (Å²) in [6.07, 6.45) is 3.65. The maximum absolute atomic E-state index is 5.78. The lowest BCUT2D eigenvalue weighted by molar-refractivity contribution is 0.971. The van der Waals surface area contributed by atoms with Gasteiger partial charge in [0.15, 0.2) is 0 Å². The van der Waals surface area contributed by atoms with Gasteiger partial charge >= 0.3 is 0 Å². The first-order chi connectivity index (χ1) is 8.76. The molecule has 0 unspecified atom stereocenters. The molecule has 0 aliphatic heterocycles. The number of rotatable bonds is 4. The van der Waals surface area contributed by atoms with Gasteiger partial charge in [0, 0.05) is 42.4 Å². The van der Waals surface area contributed by atoms with Gasteiger partial charge in [0.1, 0.15) is 0 Å². The van der Waals surface area contributed by atoms with Crippen LogP contribution in [0.25, 0.3) is 0 Å². The Morgan fingerprint density at radius 3 is 2.50 bits per heavy atom. The van der Waals surface area contributed by atoms with Crippen LogP contribution in [0, 0.1) is 6.92 Å². The van der Waals surface area contributed by atoms with Gasteiger partial charge in [-0.2, -0.15) is 0 Å². The van der Waals surface area contributed by atoms with Crippen LogP contribution in [-0.4, -0.2) is 11.5 Å². The van der Waals surface area contributed by atoms with Crippen LogP contribution in [0.5, 0.6) is 0 Å². The van der Waals surface area contributed by atoms with E-state index in [0.717, 1.165) is 17.8 Å². The molecule has 2 rings (SSSR count). The zero-order chi connectivity index (χ0) is 13.0. The van der Waals surface area contributed by atoms with Crippen LogP contribution in [0.3, 0.4) is 0 Å². The summed E-state index contributed by atoms with van der Waals surface area (Å²) in [5, 5.41) is 0. The van der Waals surface area contributed by atoms with Crippen molar-refractivity contribution < 1.29 is 0 Å². The largest absolute Gasteiger partial charge is 0.341 e. The van der Waals surface area contributed by atoms with Crippen LogP contribution in [-0.2, 0) is 6.54 Å². The van der Waals surface area contributed by atoms with Gasteiger partial charge in [-0.15, -0.1) is 0 Å². The molecule has 0 saturated carbocycles. The summed E-state index contributed by atoms with van der Waals surface area (Å²) in [7, 11) is 0. The third-order valence-corrected chi connectivity index (χ3v) is 3.05. The van der Waals surface area contributed by atoms with Gasteiger partial charge in [-0.1, -0.05) is 17.7 Å². The number of aryl methyl sites for hydroxylation is 1. The zero-order valence-electron chi connectivity index (χ0n) is 10.9.